The van der Waals surface area contributed by atoms with Crippen LogP contribution in [-0.2, 0) is 4.79 Å². The molecule has 0 aromatic carbocycles. The lowest BCUT2D eigenvalue weighted by Crippen LogP contribution is -2.37. The molecule has 1 atom stereocenters. The molecule has 1 saturated heterocycles. The fourth-order valence-corrected chi connectivity index (χ4v) is 2.66. The van der Waals surface area contributed by atoms with E-state index in [0.717, 1.165) is 13.0 Å². The van der Waals surface area contributed by atoms with Gasteiger partial charge in [0, 0.05) is 19.0 Å². The maximum Gasteiger partial charge on any atom is 0.223 e. The maximum absolute atomic E-state index is 11.6. The average molecular weight is 241 g/mol. The highest BCUT2D eigenvalue weighted by Gasteiger charge is 2.32. The van der Waals surface area contributed by atoms with Gasteiger partial charge < -0.3 is 4.90 Å². The molecule has 1 saturated carbocycles. The van der Waals surface area contributed by atoms with Gasteiger partial charge in [-0.05, 0) is 18.8 Å². The maximum atomic E-state index is 11.6. The van der Waals surface area contributed by atoms with E-state index in [-0.39, 0.29) is 0 Å². The van der Waals surface area contributed by atoms with E-state index in [1.165, 1.54) is 32.1 Å². The van der Waals surface area contributed by atoms with Gasteiger partial charge in [-0.3, -0.25) is 4.79 Å². The lowest BCUT2D eigenvalue weighted by molar-refractivity contribution is -0.130. The molecule has 0 aromatic rings. The van der Waals surface area contributed by atoms with Crippen LogP contribution in [0.2, 0.25) is 0 Å². The van der Waals surface area contributed by atoms with Crippen LogP contribution in [0.4, 0.5) is 0 Å². The first-order valence-electron chi connectivity index (χ1n) is 7.57. The van der Waals surface area contributed by atoms with Crippen LogP contribution < -0.4 is 0 Å². The smallest absolute Gasteiger partial charge is 0.223 e. The van der Waals surface area contributed by atoms with E-state index in [1.807, 2.05) is 27.7 Å². The summed E-state index contributed by atoms with van der Waals surface area (Å²) in [6, 6.07) is 0.589. The van der Waals surface area contributed by atoms with E-state index in [1.54, 1.807) is 0 Å². The number of hydrogen-bond acceptors (Lipinski definition) is 1. The molecule has 2 fully saturated rings. The molecule has 1 aliphatic carbocycles. The van der Waals surface area contributed by atoms with Crippen LogP contribution in [0.1, 0.15) is 73.1 Å². The summed E-state index contributed by atoms with van der Waals surface area (Å²) in [4.78, 5) is 13.8. The molecular weight excluding hydrogens is 210 g/mol. The molecule has 2 rings (SSSR count). The fourth-order valence-electron chi connectivity index (χ4n) is 2.66. The van der Waals surface area contributed by atoms with E-state index < -0.39 is 0 Å². The molecule has 1 aliphatic heterocycles. The first-order chi connectivity index (χ1) is 8.27. The Morgan fingerprint density at radius 1 is 1.00 bits per heavy atom. The molecule has 0 bridgehead atoms. The summed E-state index contributed by atoms with van der Waals surface area (Å²) in [7, 11) is 0. The summed E-state index contributed by atoms with van der Waals surface area (Å²) in [5.41, 5.74) is 0. The topological polar surface area (TPSA) is 20.3 Å². The van der Waals surface area contributed by atoms with Crippen molar-refractivity contribution in [2.75, 3.05) is 6.54 Å². The molecule has 102 valence electrons. The highest BCUT2D eigenvalue weighted by Crippen LogP contribution is 2.28. The second kappa shape index (κ2) is 9.49. The van der Waals surface area contributed by atoms with Crippen molar-refractivity contribution in [1.29, 1.82) is 0 Å². The van der Waals surface area contributed by atoms with Crippen molar-refractivity contribution in [2.24, 2.45) is 5.92 Å². The Labute approximate surface area is 108 Å². The molecule has 0 radical (unpaired) electrons. The molecule has 0 aromatic heterocycles. The average Bonchev–Trinajstić information content (AvgIpc) is 2.74. The van der Waals surface area contributed by atoms with Crippen LogP contribution in [-0.4, -0.2) is 23.4 Å². The molecule has 1 heterocycles. The monoisotopic (exact) mass is 241 g/mol. The van der Waals surface area contributed by atoms with Crippen molar-refractivity contribution in [3.05, 3.63) is 0 Å². The highest BCUT2D eigenvalue weighted by molar-refractivity contribution is 5.78. The number of amides is 1. The molecular formula is C15H31NO. The Morgan fingerprint density at radius 3 is 1.94 bits per heavy atom. The first kappa shape index (κ1) is 16.5. The van der Waals surface area contributed by atoms with Crippen LogP contribution in [0, 0.1) is 5.92 Å². The van der Waals surface area contributed by atoms with Crippen LogP contribution >= 0.6 is 0 Å². The Bertz CT molecular complexity index is 197. The molecule has 1 unspecified atom stereocenters. The van der Waals surface area contributed by atoms with Gasteiger partial charge in [-0.15, -0.1) is 0 Å². The van der Waals surface area contributed by atoms with Crippen molar-refractivity contribution >= 4 is 5.91 Å². The fraction of sp³-hybridized carbons (Fsp3) is 0.933. The van der Waals surface area contributed by atoms with Crippen molar-refractivity contribution in [3.63, 3.8) is 0 Å². The van der Waals surface area contributed by atoms with E-state index >= 15 is 0 Å². The van der Waals surface area contributed by atoms with E-state index in [2.05, 4.69) is 11.8 Å². The van der Waals surface area contributed by atoms with Crippen molar-refractivity contribution in [3.8, 4) is 0 Å². The largest absolute Gasteiger partial charge is 0.339 e. The highest BCUT2D eigenvalue weighted by atomic mass is 16.2. The van der Waals surface area contributed by atoms with Gasteiger partial charge in [0.2, 0.25) is 5.91 Å². The Hall–Kier alpha value is -0.530. The minimum absolute atomic E-state index is 0.402. The van der Waals surface area contributed by atoms with Crippen molar-refractivity contribution in [1.82, 2.24) is 4.90 Å². The molecule has 2 aliphatic rings. The summed E-state index contributed by atoms with van der Waals surface area (Å²) in [6.45, 7) is 11.2. The third-order valence-corrected chi connectivity index (χ3v) is 3.37. The van der Waals surface area contributed by atoms with Gasteiger partial charge >= 0.3 is 0 Å². The summed E-state index contributed by atoms with van der Waals surface area (Å²) in [6.07, 6.45) is 7.30. The standard InChI is InChI=1S/C11H19NO.2C2H6/c1-9-7-11(13)12(8-9)10-5-3-2-4-6-10;2*1-2/h9-10H,2-8H2,1H3;2*1-2H3. The van der Waals surface area contributed by atoms with Gasteiger partial charge in [0.15, 0.2) is 0 Å². The van der Waals surface area contributed by atoms with Crippen LogP contribution in [0.15, 0.2) is 0 Å². The zero-order valence-electron chi connectivity index (χ0n) is 12.5. The van der Waals surface area contributed by atoms with Crippen LogP contribution in [0.25, 0.3) is 0 Å². The van der Waals surface area contributed by atoms with Gasteiger partial charge in [-0.2, -0.15) is 0 Å². The number of carbonyl (C=O) groups excluding carboxylic acids is 1. The van der Waals surface area contributed by atoms with Gasteiger partial charge in [-0.1, -0.05) is 53.9 Å². The summed E-state index contributed by atoms with van der Waals surface area (Å²) in [5, 5.41) is 0. The van der Waals surface area contributed by atoms with Crippen molar-refractivity contribution < 1.29 is 4.79 Å². The molecule has 1 amide bonds. The quantitative estimate of drug-likeness (QED) is 0.672. The minimum atomic E-state index is 0.402. The van der Waals surface area contributed by atoms with E-state index in [0.29, 0.717) is 17.9 Å². The van der Waals surface area contributed by atoms with Gasteiger partial charge in [0.25, 0.3) is 0 Å². The molecule has 2 nitrogen and oxygen atoms in total. The Balaban J connectivity index is 0.000000581. The third kappa shape index (κ3) is 5.10. The van der Waals surface area contributed by atoms with Crippen LogP contribution in [0.3, 0.4) is 0 Å². The number of likely N-dealkylation sites (tertiary alicyclic amines) is 1. The Kier molecular flexibility index (Phi) is 9.20. The lowest BCUT2D eigenvalue weighted by atomic mass is 9.94. The lowest BCUT2D eigenvalue weighted by Gasteiger charge is -2.31. The number of hydrogen-bond donors (Lipinski definition) is 0. The second-order valence-electron chi connectivity index (χ2n) is 4.65. The van der Waals surface area contributed by atoms with E-state index in [9.17, 15) is 4.79 Å². The Morgan fingerprint density at radius 2 is 1.53 bits per heavy atom. The third-order valence-electron chi connectivity index (χ3n) is 3.37. The zero-order valence-corrected chi connectivity index (χ0v) is 12.5. The van der Waals surface area contributed by atoms with Gasteiger partial charge in [-0.25, -0.2) is 0 Å². The summed E-state index contributed by atoms with van der Waals surface area (Å²) in [5.74, 6) is 0.994. The SMILES string of the molecule is CC.CC.CC1CC(=O)N(C2CCCCC2)C1. The van der Waals surface area contributed by atoms with E-state index in [4.69, 9.17) is 0 Å². The number of carbonyl (C=O) groups is 1. The first-order valence-corrected chi connectivity index (χ1v) is 7.57. The summed E-state index contributed by atoms with van der Waals surface area (Å²) < 4.78 is 0. The molecule has 2 heteroatoms. The zero-order chi connectivity index (χ0) is 13.3. The normalized spacial score (nSPS) is 24.6. The molecule has 0 N–H and O–H groups in total. The molecule has 0 spiro atoms. The number of nitrogens with zero attached hydrogens (tertiary/aromatic N) is 1. The van der Waals surface area contributed by atoms with Gasteiger partial charge in [0.1, 0.15) is 0 Å². The second-order valence-corrected chi connectivity index (χ2v) is 4.65. The number of rotatable bonds is 1. The van der Waals surface area contributed by atoms with Crippen LogP contribution in [0.5, 0.6) is 0 Å². The van der Waals surface area contributed by atoms with Crippen molar-refractivity contribution in [2.45, 2.75) is 79.2 Å². The molecule has 17 heavy (non-hydrogen) atoms. The predicted octanol–water partition coefficient (Wildman–Crippen LogP) is 4.24. The van der Waals surface area contributed by atoms with Gasteiger partial charge in [0.05, 0.1) is 0 Å². The summed E-state index contributed by atoms with van der Waals surface area (Å²) >= 11 is 0. The minimum Gasteiger partial charge on any atom is -0.339 e. The predicted molar refractivity (Wildman–Crippen MR) is 75.1 cm³/mol.